The molecular formula is C14H19N3. The van der Waals surface area contributed by atoms with Crippen LogP contribution in [0.15, 0.2) is 36.7 Å². The second-order valence-corrected chi connectivity index (χ2v) is 4.23. The van der Waals surface area contributed by atoms with Gasteiger partial charge in [0, 0.05) is 24.1 Å². The first kappa shape index (κ1) is 11.7. The van der Waals surface area contributed by atoms with Gasteiger partial charge in [0.1, 0.15) is 0 Å². The van der Waals surface area contributed by atoms with Crippen LogP contribution in [0.4, 0.5) is 5.69 Å². The second kappa shape index (κ2) is 5.53. The molecule has 0 spiro atoms. The van der Waals surface area contributed by atoms with Crippen LogP contribution in [0.25, 0.3) is 0 Å². The highest BCUT2D eigenvalue weighted by atomic mass is 15.0. The van der Waals surface area contributed by atoms with Crippen LogP contribution in [0.3, 0.4) is 0 Å². The van der Waals surface area contributed by atoms with E-state index in [1.54, 1.807) is 0 Å². The third-order valence-electron chi connectivity index (χ3n) is 2.77. The Bertz CT molecular complexity index is 457. The van der Waals surface area contributed by atoms with Gasteiger partial charge in [-0.05, 0) is 37.6 Å². The minimum absolute atomic E-state index is 0.845. The Hall–Kier alpha value is -1.77. The molecule has 0 saturated heterocycles. The molecule has 1 N–H and O–H groups in total. The third kappa shape index (κ3) is 3.09. The lowest BCUT2D eigenvalue weighted by atomic mass is 10.3. The Labute approximate surface area is 103 Å². The lowest BCUT2D eigenvalue weighted by molar-refractivity contribution is 0.654. The minimum atomic E-state index is 0.845. The minimum Gasteiger partial charge on any atom is -0.378 e. The number of hydrogen-bond donors (Lipinski definition) is 1. The predicted molar refractivity (Wildman–Crippen MR) is 71.0 cm³/mol. The first-order valence-corrected chi connectivity index (χ1v) is 6.10. The standard InChI is InChI=1S/C14H19N3/c1-3-8-17-9-4-5-14(17)11-16-13-7-6-12(2)15-10-13/h4-7,9-10,16H,3,8,11H2,1-2H3. The van der Waals surface area contributed by atoms with Gasteiger partial charge in [0.2, 0.25) is 0 Å². The van der Waals surface area contributed by atoms with Crippen molar-refractivity contribution >= 4 is 5.69 Å². The first-order chi connectivity index (χ1) is 8.29. The summed E-state index contributed by atoms with van der Waals surface area (Å²) in [5.41, 5.74) is 3.43. The van der Waals surface area contributed by atoms with E-state index in [9.17, 15) is 0 Å². The molecule has 3 heteroatoms. The molecule has 2 heterocycles. The van der Waals surface area contributed by atoms with E-state index in [-0.39, 0.29) is 0 Å². The second-order valence-electron chi connectivity index (χ2n) is 4.23. The highest BCUT2D eigenvalue weighted by molar-refractivity contribution is 5.41. The molecule has 2 aromatic heterocycles. The van der Waals surface area contributed by atoms with E-state index in [1.165, 1.54) is 5.69 Å². The maximum Gasteiger partial charge on any atom is 0.0553 e. The van der Waals surface area contributed by atoms with E-state index in [1.807, 2.05) is 19.2 Å². The maximum absolute atomic E-state index is 4.27. The Morgan fingerprint density at radius 3 is 2.88 bits per heavy atom. The topological polar surface area (TPSA) is 29.9 Å². The Morgan fingerprint density at radius 2 is 2.18 bits per heavy atom. The molecule has 0 atom stereocenters. The molecule has 0 aromatic carbocycles. The van der Waals surface area contributed by atoms with Crippen molar-refractivity contribution < 1.29 is 0 Å². The number of hydrogen-bond acceptors (Lipinski definition) is 2. The van der Waals surface area contributed by atoms with Gasteiger partial charge in [-0.25, -0.2) is 0 Å². The zero-order valence-electron chi connectivity index (χ0n) is 10.5. The van der Waals surface area contributed by atoms with E-state index < -0.39 is 0 Å². The van der Waals surface area contributed by atoms with Crippen molar-refractivity contribution in [3.8, 4) is 0 Å². The molecule has 0 amide bonds. The molecule has 0 fully saturated rings. The van der Waals surface area contributed by atoms with Gasteiger partial charge in [-0.3, -0.25) is 4.98 Å². The number of aromatic nitrogens is 2. The lowest BCUT2D eigenvalue weighted by Gasteiger charge is -2.10. The molecule has 0 saturated carbocycles. The number of rotatable bonds is 5. The predicted octanol–water partition coefficient (Wildman–Crippen LogP) is 3.21. The van der Waals surface area contributed by atoms with E-state index >= 15 is 0 Å². The van der Waals surface area contributed by atoms with E-state index in [0.717, 1.165) is 30.9 Å². The van der Waals surface area contributed by atoms with Crippen molar-refractivity contribution in [1.29, 1.82) is 0 Å². The summed E-state index contributed by atoms with van der Waals surface area (Å²) < 4.78 is 2.29. The highest BCUT2D eigenvalue weighted by Crippen LogP contribution is 2.09. The van der Waals surface area contributed by atoms with Gasteiger partial charge in [0.25, 0.3) is 0 Å². The molecule has 2 rings (SSSR count). The third-order valence-corrected chi connectivity index (χ3v) is 2.77. The molecule has 90 valence electrons. The molecule has 0 radical (unpaired) electrons. The molecule has 0 bridgehead atoms. The van der Waals surface area contributed by atoms with E-state index in [2.05, 4.69) is 46.2 Å². The van der Waals surface area contributed by atoms with Crippen LogP contribution < -0.4 is 5.32 Å². The monoisotopic (exact) mass is 229 g/mol. The van der Waals surface area contributed by atoms with Crippen molar-refractivity contribution in [3.05, 3.63) is 48.0 Å². The summed E-state index contributed by atoms with van der Waals surface area (Å²) in [6.45, 7) is 6.12. The van der Waals surface area contributed by atoms with Crippen molar-refractivity contribution in [2.24, 2.45) is 0 Å². The van der Waals surface area contributed by atoms with Crippen molar-refractivity contribution in [2.75, 3.05) is 5.32 Å². The molecular weight excluding hydrogens is 210 g/mol. The van der Waals surface area contributed by atoms with Gasteiger partial charge in [0.05, 0.1) is 18.4 Å². The van der Waals surface area contributed by atoms with Crippen LogP contribution in [-0.4, -0.2) is 9.55 Å². The van der Waals surface area contributed by atoms with Crippen LogP contribution >= 0.6 is 0 Å². The zero-order valence-corrected chi connectivity index (χ0v) is 10.5. The Kier molecular flexibility index (Phi) is 3.81. The molecule has 17 heavy (non-hydrogen) atoms. The molecule has 3 nitrogen and oxygen atoms in total. The van der Waals surface area contributed by atoms with Gasteiger partial charge >= 0.3 is 0 Å². The van der Waals surface area contributed by atoms with Crippen LogP contribution in [0.2, 0.25) is 0 Å². The van der Waals surface area contributed by atoms with Gasteiger partial charge < -0.3 is 9.88 Å². The number of nitrogens with zero attached hydrogens (tertiary/aromatic N) is 2. The average Bonchev–Trinajstić information content (AvgIpc) is 2.77. The number of anilines is 1. The van der Waals surface area contributed by atoms with Gasteiger partial charge in [0.15, 0.2) is 0 Å². The summed E-state index contributed by atoms with van der Waals surface area (Å²) in [5.74, 6) is 0. The van der Waals surface area contributed by atoms with E-state index in [0.29, 0.717) is 0 Å². The van der Waals surface area contributed by atoms with Gasteiger partial charge in [-0.2, -0.15) is 0 Å². The summed E-state index contributed by atoms with van der Waals surface area (Å²) in [6.07, 6.45) is 5.17. The van der Waals surface area contributed by atoms with Crippen LogP contribution in [0, 0.1) is 6.92 Å². The van der Waals surface area contributed by atoms with E-state index in [4.69, 9.17) is 0 Å². The fraction of sp³-hybridized carbons (Fsp3) is 0.357. The smallest absolute Gasteiger partial charge is 0.0553 e. The summed E-state index contributed by atoms with van der Waals surface area (Å²) >= 11 is 0. The lowest BCUT2D eigenvalue weighted by Crippen LogP contribution is -2.07. The number of nitrogens with one attached hydrogen (secondary N) is 1. The highest BCUT2D eigenvalue weighted by Gasteiger charge is 1.99. The van der Waals surface area contributed by atoms with Crippen molar-refractivity contribution in [3.63, 3.8) is 0 Å². The van der Waals surface area contributed by atoms with Gasteiger partial charge in [-0.1, -0.05) is 6.92 Å². The fourth-order valence-corrected chi connectivity index (χ4v) is 1.83. The summed E-state index contributed by atoms with van der Waals surface area (Å²) in [5, 5.41) is 3.39. The van der Waals surface area contributed by atoms with Crippen LogP contribution in [0.1, 0.15) is 24.7 Å². The molecule has 0 aliphatic rings. The van der Waals surface area contributed by atoms with Crippen molar-refractivity contribution in [1.82, 2.24) is 9.55 Å². The number of pyridine rings is 1. The largest absolute Gasteiger partial charge is 0.378 e. The Morgan fingerprint density at radius 1 is 1.29 bits per heavy atom. The Balaban J connectivity index is 1.97. The van der Waals surface area contributed by atoms with Crippen LogP contribution in [-0.2, 0) is 13.1 Å². The number of aryl methyl sites for hydroxylation is 2. The molecule has 0 aliphatic carbocycles. The first-order valence-electron chi connectivity index (χ1n) is 6.10. The maximum atomic E-state index is 4.27. The quantitative estimate of drug-likeness (QED) is 0.853. The molecule has 0 aliphatic heterocycles. The molecule has 0 unspecified atom stereocenters. The van der Waals surface area contributed by atoms with Crippen LogP contribution in [0.5, 0.6) is 0 Å². The molecule has 2 aromatic rings. The fourth-order valence-electron chi connectivity index (χ4n) is 1.83. The van der Waals surface area contributed by atoms with Gasteiger partial charge in [-0.15, -0.1) is 0 Å². The normalized spacial score (nSPS) is 10.5. The SMILES string of the molecule is CCCn1cccc1CNc1ccc(C)nc1. The average molecular weight is 229 g/mol. The summed E-state index contributed by atoms with van der Waals surface area (Å²) in [4.78, 5) is 4.27. The summed E-state index contributed by atoms with van der Waals surface area (Å²) in [7, 11) is 0. The summed E-state index contributed by atoms with van der Waals surface area (Å²) in [6, 6.07) is 8.34. The van der Waals surface area contributed by atoms with Crippen molar-refractivity contribution in [2.45, 2.75) is 33.4 Å². The zero-order chi connectivity index (χ0) is 12.1.